The fourth-order valence-corrected chi connectivity index (χ4v) is 2.33. The number of thiazole rings is 1. The number of ether oxygens (including phenoxy) is 1. The molecule has 0 fully saturated rings. The molecule has 0 N–H and O–H groups in total. The number of nitro groups is 1. The number of hydrogen-bond acceptors (Lipinski definition) is 5. The predicted octanol–water partition coefficient (Wildman–Crippen LogP) is 3.91. The fourth-order valence-electron chi connectivity index (χ4n) is 1.24. The number of nitro benzene ring substituents is 1. The van der Waals surface area contributed by atoms with E-state index in [0.717, 1.165) is 5.56 Å². The van der Waals surface area contributed by atoms with Gasteiger partial charge in [0.15, 0.2) is 0 Å². The number of aromatic nitrogens is 1. The molecule has 1 heterocycles. The average Bonchev–Trinajstić information content (AvgIpc) is 2.66. The Morgan fingerprint density at radius 3 is 2.88 bits per heavy atom. The lowest BCUT2D eigenvalue weighted by Crippen LogP contribution is -1.93. The standard InChI is InChI=1S/C10H7BrN2O3S/c1-6-2-3-8(7(4-6)13(14)15)16-10-12-9(11)5-17-10/h2-5H,1H3. The number of aryl methyl sites for hydroxylation is 1. The largest absolute Gasteiger partial charge is 0.423 e. The molecule has 0 unspecified atom stereocenters. The van der Waals surface area contributed by atoms with Crippen molar-refractivity contribution in [2.75, 3.05) is 0 Å². The van der Waals surface area contributed by atoms with E-state index in [9.17, 15) is 10.1 Å². The molecule has 0 aliphatic heterocycles. The second kappa shape index (κ2) is 4.80. The molecule has 0 aliphatic rings. The molecule has 17 heavy (non-hydrogen) atoms. The Morgan fingerprint density at radius 1 is 1.53 bits per heavy atom. The maximum atomic E-state index is 10.9. The van der Waals surface area contributed by atoms with Gasteiger partial charge in [-0.15, -0.1) is 0 Å². The summed E-state index contributed by atoms with van der Waals surface area (Å²) in [6, 6.07) is 4.80. The van der Waals surface area contributed by atoms with Crippen molar-refractivity contribution < 1.29 is 9.66 Å². The van der Waals surface area contributed by atoms with Crippen molar-refractivity contribution in [3.05, 3.63) is 43.9 Å². The highest BCUT2D eigenvalue weighted by molar-refractivity contribution is 9.10. The van der Waals surface area contributed by atoms with Crippen LogP contribution < -0.4 is 4.74 Å². The highest BCUT2D eigenvalue weighted by Crippen LogP contribution is 2.34. The molecular weight excluding hydrogens is 308 g/mol. The van der Waals surface area contributed by atoms with Crippen LogP contribution in [0, 0.1) is 17.0 Å². The van der Waals surface area contributed by atoms with Gasteiger partial charge in [-0.2, -0.15) is 4.98 Å². The number of halogens is 1. The first-order chi connectivity index (χ1) is 8.06. The summed E-state index contributed by atoms with van der Waals surface area (Å²) < 4.78 is 6.03. The molecule has 2 aromatic rings. The van der Waals surface area contributed by atoms with Gasteiger partial charge >= 0.3 is 5.69 Å². The van der Waals surface area contributed by atoms with Gasteiger partial charge in [0.25, 0.3) is 5.19 Å². The van der Waals surface area contributed by atoms with Crippen molar-refractivity contribution in [3.63, 3.8) is 0 Å². The van der Waals surface area contributed by atoms with Gasteiger partial charge in [-0.3, -0.25) is 10.1 Å². The van der Waals surface area contributed by atoms with Crippen LogP contribution in [0.4, 0.5) is 5.69 Å². The van der Waals surface area contributed by atoms with Crippen LogP contribution in [0.1, 0.15) is 5.56 Å². The Kier molecular flexibility index (Phi) is 3.39. The summed E-state index contributed by atoms with van der Waals surface area (Å²) >= 11 is 4.46. The van der Waals surface area contributed by atoms with Gasteiger partial charge < -0.3 is 4.74 Å². The third-order valence-electron chi connectivity index (χ3n) is 1.96. The van der Waals surface area contributed by atoms with Crippen molar-refractivity contribution >= 4 is 33.0 Å². The van der Waals surface area contributed by atoms with E-state index in [1.807, 2.05) is 0 Å². The quantitative estimate of drug-likeness (QED) is 0.636. The molecule has 0 saturated carbocycles. The van der Waals surface area contributed by atoms with Gasteiger partial charge in [-0.1, -0.05) is 17.4 Å². The maximum absolute atomic E-state index is 10.9. The molecule has 0 amide bonds. The van der Waals surface area contributed by atoms with Crippen molar-refractivity contribution in [3.8, 4) is 10.9 Å². The molecule has 1 aromatic heterocycles. The van der Waals surface area contributed by atoms with Crippen molar-refractivity contribution in [2.24, 2.45) is 0 Å². The Morgan fingerprint density at radius 2 is 2.29 bits per heavy atom. The van der Waals surface area contributed by atoms with Crippen LogP contribution in [-0.2, 0) is 0 Å². The number of rotatable bonds is 3. The molecule has 7 heteroatoms. The van der Waals surface area contributed by atoms with Crippen molar-refractivity contribution in [2.45, 2.75) is 6.92 Å². The van der Waals surface area contributed by atoms with Gasteiger partial charge in [-0.25, -0.2) is 0 Å². The van der Waals surface area contributed by atoms with E-state index in [4.69, 9.17) is 4.74 Å². The van der Waals surface area contributed by atoms with Crippen molar-refractivity contribution in [1.29, 1.82) is 0 Å². The second-order valence-electron chi connectivity index (χ2n) is 3.27. The van der Waals surface area contributed by atoms with Gasteiger partial charge in [0.05, 0.1) is 4.92 Å². The van der Waals surface area contributed by atoms with Crippen LogP contribution in [0.15, 0.2) is 28.2 Å². The Labute approximate surface area is 109 Å². The minimum Gasteiger partial charge on any atom is -0.423 e. The average molecular weight is 315 g/mol. The Balaban J connectivity index is 2.35. The van der Waals surface area contributed by atoms with Crippen LogP contribution in [0.25, 0.3) is 0 Å². The highest BCUT2D eigenvalue weighted by Gasteiger charge is 2.16. The molecule has 2 rings (SSSR count). The normalized spacial score (nSPS) is 10.2. The van der Waals surface area contributed by atoms with E-state index >= 15 is 0 Å². The third kappa shape index (κ3) is 2.80. The summed E-state index contributed by atoms with van der Waals surface area (Å²) in [6.45, 7) is 1.79. The van der Waals surface area contributed by atoms with E-state index < -0.39 is 4.92 Å². The summed E-state index contributed by atoms with van der Waals surface area (Å²) in [5.74, 6) is 0.197. The fraction of sp³-hybridized carbons (Fsp3) is 0.100. The smallest absolute Gasteiger partial charge is 0.311 e. The summed E-state index contributed by atoms with van der Waals surface area (Å²) in [4.78, 5) is 14.4. The van der Waals surface area contributed by atoms with Crippen LogP contribution in [0.3, 0.4) is 0 Å². The molecule has 0 radical (unpaired) electrons. The van der Waals surface area contributed by atoms with Crippen LogP contribution >= 0.6 is 27.3 Å². The number of nitrogens with zero attached hydrogens (tertiary/aromatic N) is 2. The predicted molar refractivity (Wildman–Crippen MR) is 67.7 cm³/mol. The zero-order valence-electron chi connectivity index (χ0n) is 8.71. The van der Waals surface area contributed by atoms with Crippen molar-refractivity contribution in [1.82, 2.24) is 4.98 Å². The SMILES string of the molecule is Cc1ccc(Oc2nc(Br)cs2)c([N+](=O)[O-])c1. The highest BCUT2D eigenvalue weighted by atomic mass is 79.9. The van der Waals surface area contributed by atoms with Crippen LogP contribution in [-0.4, -0.2) is 9.91 Å². The minimum absolute atomic E-state index is 0.0590. The summed E-state index contributed by atoms with van der Waals surface area (Å²) in [5.41, 5.74) is 0.751. The van der Waals surface area contributed by atoms with E-state index in [2.05, 4.69) is 20.9 Å². The number of benzene rings is 1. The molecule has 0 aliphatic carbocycles. The molecule has 88 valence electrons. The monoisotopic (exact) mass is 314 g/mol. The molecule has 5 nitrogen and oxygen atoms in total. The lowest BCUT2D eigenvalue weighted by molar-refractivity contribution is -0.385. The maximum Gasteiger partial charge on any atom is 0.311 e. The molecule has 0 atom stereocenters. The molecule has 0 saturated heterocycles. The Bertz CT molecular complexity index is 570. The van der Waals surface area contributed by atoms with Crippen LogP contribution in [0.5, 0.6) is 10.9 Å². The summed E-state index contributed by atoms with van der Waals surface area (Å²) in [7, 11) is 0. The van der Waals surface area contributed by atoms with E-state index in [1.54, 1.807) is 24.4 Å². The third-order valence-corrected chi connectivity index (χ3v) is 3.39. The lowest BCUT2D eigenvalue weighted by Gasteiger charge is -2.03. The first-order valence-electron chi connectivity index (χ1n) is 4.60. The second-order valence-corrected chi connectivity index (χ2v) is 4.90. The van der Waals surface area contributed by atoms with Gasteiger partial charge in [-0.05, 0) is 34.5 Å². The van der Waals surface area contributed by atoms with Crippen LogP contribution in [0.2, 0.25) is 0 Å². The topological polar surface area (TPSA) is 65.3 Å². The number of hydrogen-bond donors (Lipinski definition) is 0. The molecule has 0 spiro atoms. The van der Waals surface area contributed by atoms with Gasteiger partial charge in [0, 0.05) is 11.4 Å². The van der Waals surface area contributed by atoms with E-state index in [1.165, 1.54) is 17.4 Å². The summed E-state index contributed by atoms with van der Waals surface area (Å²) in [6.07, 6.45) is 0. The van der Waals surface area contributed by atoms with E-state index in [0.29, 0.717) is 9.80 Å². The van der Waals surface area contributed by atoms with E-state index in [-0.39, 0.29) is 11.4 Å². The first kappa shape index (κ1) is 12.0. The first-order valence-corrected chi connectivity index (χ1v) is 6.27. The minimum atomic E-state index is -0.467. The zero-order chi connectivity index (χ0) is 12.4. The molecule has 1 aromatic carbocycles. The van der Waals surface area contributed by atoms with Gasteiger partial charge in [0.1, 0.15) is 4.60 Å². The zero-order valence-corrected chi connectivity index (χ0v) is 11.1. The Hall–Kier alpha value is -1.47. The molecule has 0 bridgehead atoms. The summed E-state index contributed by atoms with van der Waals surface area (Å²) in [5, 5.41) is 13.0. The van der Waals surface area contributed by atoms with Gasteiger partial charge in [0.2, 0.25) is 5.75 Å². The molecular formula is C10H7BrN2O3S. The lowest BCUT2D eigenvalue weighted by atomic mass is 10.2.